The molecule has 1 aliphatic carbocycles. The summed E-state index contributed by atoms with van der Waals surface area (Å²) >= 11 is 6.29. The molecular weight excluding hydrogens is 488 g/mol. The summed E-state index contributed by atoms with van der Waals surface area (Å²) in [4.78, 5) is 31.5. The Morgan fingerprint density at radius 2 is 1.89 bits per heavy atom. The van der Waals surface area contributed by atoms with Crippen molar-refractivity contribution < 1.29 is 19.6 Å². The van der Waals surface area contributed by atoms with Gasteiger partial charge in [-0.25, -0.2) is 4.90 Å². The Morgan fingerprint density at radius 1 is 1.14 bits per heavy atom. The van der Waals surface area contributed by atoms with E-state index in [2.05, 4.69) is 39.5 Å². The number of hydrogen-bond acceptors (Lipinski definition) is 4. The predicted octanol–water partition coefficient (Wildman–Crippen LogP) is 4.14. The molecule has 3 N–H and O–H groups in total. The topological polar surface area (TPSA) is 86.4 Å². The zero-order chi connectivity index (χ0) is 25.9. The molecular formula is C29H32ClN4O3+. The molecule has 37 heavy (non-hydrogen) atoms. The minimum absolute atomic E-state index is 0.212. The van der Waals surface area contributed by atoms with Crippen LogP contribution in [0.4, 0.5) is 5.69 Å². The average Bonchev–Trinajstić information content (AvgIpc) is 3.32. The number of aliphatic carboxylic acids is 1. The number of fused-ring (bicyclic) bond motifs is 1. The van der Waals surface area contributed by atoms with Gasteiger partial charge in [0.05, 0.1) is 0 Å². The fraction of sp³-hybridized carbons (Fsp3) is 0.345. The van der Waals surface area contributed by atoms with E-state index in [4.69, 9.17) is 16.7 Å². The summed E-state index contributed by atoms with van der Waals surface area (Å²) in [5.41, 5.74) is 4.78. The summed E-state index contributed by atoms with van der Waals surface area (Å²) in [6.07, 6.45) is 10.2. The largest absolute Gasteiger partial charge is 0.481 e. The van der Waals surface area contributed by atoms with Gasteiger partial charge in [-0.3, -0.25) is 14.5 Å². The highest BCUT2D eigenvalue weighted by molar-refractivity contribution is 6.31. The number of aryl methyl sites for hydroxylation is 1. The Balaban J connectivity index is 1.17. The molecule has 0 spiro atoms. The van der Waals surface area contributed by atoms with E-state index in [0.29, 0.717) is 35.8 Å². The Hall–Kier alpha value is -3.42. The number of carboxylic acid groups (broad SMARTS) is 1. The van der Waals surface area contributed by atoms with Crippen molar-refractivity contribution in [2.45, 2.75) is 51.5 Å². The molecule has 7 nitrogen and oxygen atoms in total. The number of nitrogens with one attached hydrogen (secondary N) is 2. The number of halogens is 1. The van der Waals surface area contributed by atoms with Crippen LogP contribution in [0.3, 0.4) is 0 Å². The molecule has 0 bridgehead atoms. The van der Waals surface area contributed by atoms with E-state index in [-0.39, 0.29) is 12.3 Å². The third-order valence-electron chi connectivity index (χ3n) is 7.65. The monoisotopic (exact) mass is 519 g/mol. The van der Waals surface area contributed by atoms with Gasteiger partial charge in [-0.05, 0) is 79.3 Å². The molecule has 0 aromatic heterocycles. The zero-order valence-electron chi connectivity index (χ0n) is 20.9. The summed E-state index contributed by atoms with van der Waals surface area (Å²) in [7, 11) is 0. The summed E-state index contributed by atoms with van der Waals surface area (Å²) in [5, 5.41) is 12.6. The van der Waals surface area contributed by atoms with Gasteiger partial charge in [0.25, 0.3) is 5.91 Å². The van der Waals surface area contributed by atoms with Gasteiger partial charge in [0, 0.05) is 36.0 Å². The molecule has 2 heterocycles. The van der Waals surface area contributed by atoms with Crippen LogP contribution in [0.1, 0.15) is 54.7 Å². The fourth-order valence-corrected chi connectivity index (χ4v) is 5.76. The number of rotatable bonds is 7. The van der Waals surface area contributed by atoms with Crippen LogP contribution in [0.2, 0.25) is 5.02 Å². The molecule has 1 fully saturated rings. The number of quaternary nitrogens is 1. The number of nitrogens with zero attached hydrogens (tertiary/aromatic N) is 2. The summed E-state index contributed by atoms with van der Waals surface area (Å²) < 4.78 is 0. The van der Waals surface area contributed by atoms with Crippen molar-refractivity contribution >= 4 is 35.0 Å². The van der Waals surface area contributed by atoms with Gasteiger partial charge in [0.15, 0.2) is 12.4 Å². The maximum absolute atomic E-state index is 12.8. The molecule has 2 aromatic carbocycles. The first kappa shape index (κ1) is 25.2. The molecule has 1 atom stereocenters. The number of aliphatic imine (C=N–C) groups is 1. The van der Waals surface area contributed by atoms with Crippen LogP contribution in [0.5, 0.6) is 0 Å². The molecule has 5 rings (SSSR count). The minimum atomic E-state index is -0.689. The van der Waals surface area contributed by atoms with Crippen molar-refractivity contribution in [3.8, 4) is 0 Å². The zero-order valence-corrected chi connectivity index (χ0v) is 21.7. The Bertz CT molecular complexity index is 1260. The normalized spacial score (nSPS) is 22.8. The van der Waals surface area contributed by atoms with Crippen molar-refractivity contribution in [3.05, 3.63) is 88.4 Å². The van der Waals surface area contributed by atoms with Gasteiger partial charge in [-0.2, -0.15) is 4.99 Å². The fourth-order valence-electron chi connectivity index (χ4n) is 5.47. The first-order valence-corrected chi connectivity index (χ1v) is 13.2. The van der Waals surface area contributed by atoms with E-state index in [1.54, 1.807) is 0 Å². The highest BCUT2D eigenvalue weighted by Gasteiger charge is 2.30. The molecule has 1 saturated carbocycles. The molecule has 3 aliphatic rings. The third-order valence-corrected chi connectivity index (χ3v) is 8.01. The van der Waals surface area contributed by atoms with Crippen molar-refractivity contribution in [3.63, 3.8) is 0 Å². The lowest BCUT2D eigenvalue weighted by Gasteiger charge is -2.29. The number of benzene rings is 2. The van der Waals surface area contributed by atoms with Crippen molar-refractivity contribution in [1.82, 2.24) is 5.32 Å². The third kappa shape index (κ3) is 5.78. The maximum atomic E-state index is 12.8. The minimum Gasteiger partial charge on any atom is -0.481 e. The second-order valence-corrected chi connectivity index (χ2v) is 10.5. The molecule has 2 aliphatic heterocycles. The number of carboxylic acids is 1. The highest BCUT2D eigenvalue weighted by Crippen LogP contribution is 2.37. The number of anilines is 1. The first-order chi connectivity index (χ1) is 17.9. The SMILES string of the molecule is Cc1cccc(Cl)c1CNC(=O)C1=C[NH+]2CN(c3ccc(C4CCC(CC(=O)O)CC4)cc3)C=CC2=N1. The number of amidine groups is 1. The molecule has 0 saturated heterocycles. The van der Waals surface area contributed by atoms with Gasteiger partial charge in [0.1, 0.15) is 6.20 Å². The average molecular weight is 520 g/mol. The van der Waals surface area contributed by atoms with Gasteiger partial charge < -0.3 is 10.4 Å². The lowest BCUT2D eigenvalue weighted by molar-refractivity contribution is -0.742. The molecule has 8 heteroatoms. The Morgan fingerprint density at radius 3 is 2.59 bits per heavy atom. The van der Waals surface area contributed by atoms with Crippen LogP contribution in [0.15, 0.2) is 71.6 Å². The van der Waals surface area contributed by atoms with Crippen LogP contribution in [0.25, 0.3) is 0 Å². The second kappa shape index (κ2) is 10.9. The maximum Gasteiger partial charge on any atom is 0.303 e. The predicted molar refractivity (Wildman–Crippen MR) is 144 cm³/mol. The van der Waals surface area contributed by atoms with Gasteiger partial charge in [-0.15, -0.1) is 0 Å². The Kier molecular flexibility index (Phi) is 7.44. The smallest absolute Gasteiger partial charge is 0.303 e. The van der Waals surface area contributed by atoms with Crippen LogP contribution in [-0.2, 0) is 16.1 Å². The van der Waals surface area contributed by atoms with Crippen molar-refractivity contribution in [2.24, 2.45) is 10.9 Å². The number of carbonyl (C=O) groups is 2. The van der Waals surface area contributed by atoms with E-state index in [9.17, 15) is 9.59 Å². The highest BCUT2D eigenvalue weighted by atomic mass is 35.5. The summed E-state index contributed by atoms with van der Waals surface area (Å²) in [5.74, 6) is 0.732. The first-order valence-electron chi connectivity index (χ1n) is 12.8. The van der Waals surface area contributed by atoms with E-state index < -0.39 is 5.97 Å². The van der Waals surface area contributed by atoms with E-state index in [1.807, 2.05) is 43.6 Å². The van der Waals surface area contributed by atoms with Crippen LogP contribution >= 0.6 is 11.6 Å². The standard InChI is InChI=1S/C29H31ClN4O3/c1-19-3-2-4-25(30)24(19)16-31-29(37)26-17-34-18-33(14-13-27(34)32-26)23-11-9-22(10-12-23)21-7-5-20(6-8-21)15-28(35)36/h2-4,9-14,17,20-21H,5-8,15-16,18H2,1H3,(H,31,37)(H,35,36)/p+1. The number of hydrogen-bond donors (Lipinski definition) is 3. The molecule has 1 unspecified atom stereocenters. The van der Waals surface area contributed by atoms with Gasteiger partial charge in [-0.1, -0.05) is 35.9 Å². The van der Waals surface area contributed by atoms with Gasteiger partial charge in [0.2, 0.25) is 5.84 Å². The quantitative estimate of drug-likeness (QED) is 0.513. The van der Waals surface area contributed by atoms with E-state index in [0.717, 1.165) is 53.2 Å². The lowest BCUT2D eigenvalue weighted by atomic mass is 9.77. The number of carbonyl (C=O) groups excluding carboxylic acids is 1. The van der Waals surface area contributed by atoms with E-state index >= 15 is 0 Å². The lowest BCUT2D eigenvalue weighted by Crippen LogP contribution is -3.11. The number of amides is 1. The molecule has 1 amide bonds. The van der Waals surface area contributed by atoms with Crippen LogP contribution in [-0.4, -0.2) is 29.5 Å². The molecule has 192 valence electrons. The second-order valence-electron chi connectivity index (χ2n) is 10.1. The summed E-state index contributed by atoms with van der Waals surface area (Å²) in [6.45, 7) is 2.98. The van der Waals surface area contributed by atoms with Gasteiger partial charge >= 0.3 is 5.97 Å². The van der Waals surface area contributed by atoms with Crippen LogP contribution < -0.4 is 15.1 Å². The van der Waals surface area contributed by atoms with Crippen molar-refractivity contribution in [1.29, 1.82) is 0 Å². The Labute approximate surface area is 222 Å². The van der Waals surface area contributed by atoms with Crippen molar-refractivity contribution in [2.75, 3.05) is 11.6 Å². The van der Waals surface area contributed by atoms with Crippen LogP contribution in [0, 0.1) is 12.8 Å². The summed E-state index contributed by atoms with van der Waals surface area (Å²) in [6, 6.07) is 14.4. The molecule has 0 radical (unpaired) electrons. The van der Waals surface area contributed by atoms with E-state index in [1.165, 1.54) is 5.56 Å². The molecule has 2 aromatic rings.